The quantitative estimate of drug-likeness (QED) is 0.625. The summed E-state index contributed by atoms with van der Waals surface area (Å²) in [7, 11) is 0. The highest BCUT2D eigenvalue weighted by Gasteiger charge is 2.21. The lowest BCUT2D eigenvalue weighted by atomic mass is 9.97. The Hall–Kier alpha value is -2.31. The number of hydrazone groups is 1. The predicted molar refractivity (Wildman–Crippen MR) is 121 cm³/mol. The van der Waals surface area contributed by atoms with Crippen LogP contribution in [0.4, 0.5) is 5.82 Å². The SMILES string of the molecule is Cc1nc(NN=C2CCN(Cc3ccccc3)CC2)c2c3c(sc2n1)CCCC3. The van der Waals surface area contributed by atoms with Crippen molar-refractivity contribution in [1.29, 1.82) is 0 Å². The highest BCUT2D eigenvalue weighted by molar-refractivity contribution is 7.19. The molecule has 2 aromatic heterocycles. The van der Waals surface area contributed by atoms with Gasteiger partial charge in [0, 0.05) is 43.1 Å². The van der Waals surface area contributed by atoms with Crippen molar-refractivity contribution in [2.45, 2.75) is 52.0 Å². The highest BCUT2D eigenvalue weighted by Crippen LogP contribution is 2.38. The second-order valence-corrected chi connectivity index (χ2v) is 9.15. The highest BCUT2D eigenvalue weighted by atomic mass is 32.1. The Labute approximate surface area is 175 Å². The Kier molecular flexibility index (Phi) is 5.29. The standard InChI is InChI=1S/C23H27N5S/c1-16-24-22(21-19-9-5-6-10-20(19)29-23(21)25-16)27-26-18-11-13-28(14-12-18)15-17-7-3-2-4-8-17/h2-4,7-8H,5-6,9-15H2,1H3,(H,24,25,27). The van der Waals surface area contributed by atoms with E-state index in [4.69, 9.17) is 15.1 Å². The smallest absolute Gasteiger partial charge is 0.158 e. The Balaban J connectivity index is 1.29. The molecule has 0 amide bonds. The molecule has 5 rings (SSSR count). The van der Waals surface area contributed by atoms with Gasteiger partial charge in [0.25, 0.3) is 0 Å². The molecule has 1 aromatic carbocycles. The van der Waals surface area contributed by atoms with E-state index in [1.807, 2.05) is 18.3 Å². The van der Waals surface area contributed by atoms with Crippen molar-refractivity contribution in [2.24, 2.45) is 5.10 Å². The fraction of sp³-hybridized carbons (Fsp3) is 0.435. The number of benzene rings is 1. The molecule has 29 heavy (non-hydrogen) atoms. The second kappa shape index (κ2) is 8.20. The number of hydrogen-bond acceptors (Lipinski definition) is 6. The summed E-state index contributed by atoms with van der Waals surface area (Å²) in [4.78, 5) is 14.5. The number of piperidine rings is 1. The Bertz CT molecular complexity index is 1030. The summed E-state index contributed by atoms with van der Waals surface area (Å²) in [5.41, 5.74) is 7.40. The van der Waals surface area contributed by atoms with Gasteiger partial charge in [-0.25, -0.2) is 9.97 Å². The largest absolute Gasteiger partial charge is 0.298 e. The maximum absolute atomic E-state index is 4.77. The van der Waals surface area contributed by atoms with Crippen molar-refractivity contribution in [2.75, 3.05) is 18.5 Å². The zero-order chi connectivity index (χ0) is 19.6. The number of thiophene rings is 1. The Morgan fingerprint density at radius 2 is 1.83 bits per heavy atom. The molecule has 0 bridgehead atoms. The van der Waals surface area contributed by atoms with Crippen LogP contribution in [0.25, 0.3) is 10.2 Å². The first-order valence-electron chi connectivity index (χ1n) is 10.6. The van der Waals surface area contributed by atoms with Crippen LogP contribution in [0.1, 0.15) is 47.5 Å². The van der Waals surface area contributed by atoms with Crippen LogP contribution in [-0.4, -0.2) is 33.7 Å². The molecule has 3 heterocycles. The second-order valence-electron chi connectivity index (χ2n) is 8.06. The average molecular weight is 406 g/mol. The van der Waals surface area contributed by atoms with Crippen molar-refractivity contribution >= 4 is 33.1 Å². The van der Waals surface area contributed by atoms with E-state index >= 15 is 0 Å². The average Bonchev–Trinajstić information content (AvgIpc) is 3.12. The molecular weight excluding hydrogens is 378 g/mol. The van der Waals surface area contributed by atoms with Crippen LogP contribution in [0.15, 0.2) is 35.4 Å². The first kappa shape index (κ1) is 18.7. The molecule has 150 valence electrons. The van der Waals surface area contributed by atoms with Gasteiger partial charge in [-0.3, -0.25) is 10.3 Å². The summed E-state index contributed by atoms with van der Waals surface area (Å²) in [5.74, 6) is 1.71. The molecule has 1 N–H and O–H groups in total. The van der Waals surface area contributed by atoms with Crippen LogP contribution < -0.4 is 5.43 Å². The van der Waals surface area contributed by atoms with Gasteiger partial charge < -0.3 is 0 Å². The van der Waals surface area contributed by atoms with Gasteiger partial charge in [0.15, 0.2) is 5.82 Å². The van der Waals surface area contributed by atoms with Gasteiger partial charge in [-0.15, -0.1) is 11.3 Å². The number of hydrogen-bond donors (Lipinski definition) is 1. The van der Waals surface area contributed by atoms with Gasteiger partial charge in [-0.2, -0.15) is 5.10 Å². The fourth-order valence-corrected chi connectivity index (χ4v) is 5.71. The Morgan fingerprint density at radius 3 is 2.66 bits per heavy atom. The molecule has 1 fully saturated rings. The number of nitrogens with one attached hydrogen (secondary N) is 1. The van der Waals surface area contributed by atoms with E-state index in [1.165, 1.54) is 46.4 Å². The van der Waals surface area contributed by atoms with E-state index in [2.05, 4.69) is 40.7 Å². The van der Waals surface area contributed by atoms with E-state index < -0.39 is 0 Å². The van der Waals surface area contributed by atoms with Crippen LogP contribution in [-0.2, 0) is 19.4 Å². The van der Waals surface area contributed by atoms with Gasteiger partial charge in [-0.1, -0.05) is 30.3 Å². The summed E-state index contributed by atoms with van der Waals surface area (Å²) in [6.45, 7) is 5.11. The third-order valence-electron chi connectivity index (χ3n) is 5.93. The maximum atomic E-state index is 4.77. The molecule has 5 nitrogen and oxygen atoms in total. The lowest BCUT2D eigenvalue weighted by Crippen LogP contribution is -2.33. The van der Waals surface area contributed by atoms with Crippen LogP contribution in [0.3, 0.4) is 0 Å². The topological polar surface area (TPSA) is 53.4 Å². The number of anilines is 1. The zero-order valence-electron chi connectivity index (χ0n) is 16.9. The van der Waals surface area contributed by atoms with Crippen molar-refractivity contribution < 1.29 is 0 Å². The molecule has 0 unspecified atom stereocenters. The summed E-state index contributed by atoms with van der Waals surface area (Å²) in [6, 6.07) is 10.7. The number of fused-ring (bicyclic) bond motifs is 3. The number of nitrogens with zero attached hydrogens (tertiary/aromatic N) is 4. The van der Waals surface area contributed by atoms with Crippen LogP contribution in [0.5, 0.6) is 0 Å². The first-order chi connectivity index (χ1) is 14.3. The maximum Gasteiger partial charge on any atom is 0.158 e. The van der Waals surface area contributed by atoms with Crippen molar-refractivity contribution in [3.63, 3.8) is 0 Å². The fourth-order valence-electron chi connectivity index (χ4n) is 4.40. The summed E-state index contributed by atoms with van der Waals surface area (Å²) in [5, 5.41) is 5.98. The molecule has 1 aliphatic heterocycles. The number of likely N-dealkylation sites (tertiary alicyclic amines) is 1. The normalized spacial score (nSPS) is 17.3. The van der Waals surface area contributed by atoms with Crippen molar-refractivity contribution in [1.82, 2.24) is 14.9 Å². The van der Waals surface area contributed by atoms with Crippen LogP contribution in [0.2, 0.25) is 0 Å². The minimum atomic E-state index is 0.816. The van der Waals surface area contributed by atoms with Gasteiger partial charge in [0.05, 0.1) is 5.39 Å². The molecule has 2 aliphatic rings. The minimum Gasteiger partial charge on any atom is -0.298 e. The molecule has 1 aliphatic carbocycles. The predicted octanol–water partition coefficient (Wildman–Crippen LogP) is 4.94. The summed E-state index contributed by atoms with van der Waals surface area (Å²) in [6.07, 6.45) is 6.89. The third-order valence-corrected chi connectivity index (χ3v) is 7.11. The molecule has 0 atom stereocenters. The first-order valence-corrected chi connectivity index (χ1v) is 11.4. The molecule has 0 spiro atoms. The Morgan fingerprint density at radius 1 is 1.03 bits per heavy atom. The lowest BCUT2D eigenvalue weighted by molar-refractivity contribution is 0.266. The molecule has 6 heteroatoms. The van der Waals surface area contributed by atoms with Crippen molar-refractivity contribution in [3.05, 3.63) is 52.2 Å². The number of aromatic nitrogens is 2. The molecular formula is C23H27N5S. The van der Waals surface area contributed by atoms with E-state index in [0.29, 0.717) is 0 Å². The number of aryl methyl sites for hydroxylation is 3. The van der Waals surface area contributed by atoms with E-state index in [1.54, 1.807) is 0 Å². The third kappa shape index (κ3) is 4.05. The molecule has 1 saturated heterocycles. The summed E-state index contributed by atoms with van der Waals surface area (Å²) >= 11 is 1.84. The van der Waals surface area contributed by atoms with Gasteiger partial charge >= 0.3 is 0 Å². The minimum absolute atomic E-state index is 0.816. The van der Waals surface area contributed by atoms with Crippen LogP contribution in [0, 0.1) is 6.92 Å². The van der Waals surface area contributed by atoms with Crippen molar-refractivity contribution in [3.8, 4) is 0 Å². The monoisotopic (exact) mass is 405 g/mol. The molecule has 0 radical (unpaired) electrons. The number of rotatable bonds is 4. The van der Waals surface area contributed by atoms with Gasteiger partial charge in [-0.05, 0) is 43.7 Å². The van der Waals surface area contributed by atoms with E-state index in [0.717, 1.165) is 55.4 Å². The van der Waals surface area contributed by atoms with Gasteiger partial charge in [0.2, 0.25) is 0 Å². The van der Waals surface area contributed by atoms with Crippen LogP contribution >= 0.6 is 11.3 Å². The lowest BCUT2D eigenvalue weighted by Gasteiger charge is -2.27. The summed E-state index contributed by atoms with van der Waals surface area (Å²) < 4.78 is 0. The van der Waals surface area contributed by atoms with E-state index in [9.17, 15) is 0 Å². The molecule has 0 saturated carbocycles. The zero-order valence-corrected chi connectivity index (χ0v) is 17.8. The van der Waals surface area contributed by atoms with E-state index in [-0.39, 0.29) is 0 Å². The molecule has 3 aromatic rings. The van der Waals surface area contributed by atoms with Gasteiger partial charge in [0.1, 0.15) is 10.7 Å².